The van der Waals surface area contributed by atoms with Gasteiger partial charge in [0.15, 0.2) is 5.78 Å². The van der Waals surface area contributed by atoms with Gasteiger partial charge in [-0.15, -0.1) is 0 Å². The van der Waals surface area contributed by atoms with E-state index in [0.717, 1.165) is 19.0 Å². The summed E-state index contributed by atoms with van der Waals surface area (Å²) in [6.45, 7) is 6.81. The van der Waals surface area contributed by atoms with Crippen LogP contribution in [0.25, 0.3) is 22.3 Å². The van der Waals surface area contributed by atoms with Crippen molar-refractivity contribution in [1.82, 2.24) is 0 Å². The molecule has 204 valence electrons. The molecular formula is C38H41OP. The minimum atomic E-state index is -0.681. The molecule has 0 aromatic heterocycles. The lowest BCUT2D eigenvalue weighted by molar-refractivity contribution is -0.120. The first-order valence-electron chi connectivity index (χ1n) is 15.2. The molecule has 4 aromatic carbocycles. The lowest BCUT2D eigenvalue weighted by Gasteiger charge is -2.35. The van der Waals surface area contributed by atoms with Crippen LogP contribution in [0.15, 0.2) is 84.9 Å². The van der Waals surface area contributed by atoms with Crippen molar-refractivity contribution in [3.8, 4) is 22.3 Å². The van der Waals surface area contributed by atoms with Crippen molar-refractivity contribution < 1.29 is 4.79 Å². The van der Waals surface area contributed by atoms with E-state index >= 15 is 0 Å². The Kier molecular flexibility index (Phi) is 7.78. The largest absolute Gasteiger partial charge is 0.298 e. The summed E-state index contributed by atoms with van der Waals surface area (Å²) in [5.74, 6) is 0.416. The molecule has 0 spiro atoms. The second-order valence-corrected chi connectivity index (χ2v) is 14.4. The summed E-state index contributed by atoms with van der Waals surface area (Å²) in [5, 5.41) is 0. The molecule has 0 aliphatic heterocycles. The Morgan fingerprint density at radius 3 is 1.57 bits per heavy atom. The monoisotopic (exact) mass is 544 g/mol. The highest BCUT2D eigenvalue weighted by Crippen LogP contribution is 2.50. The maximum absolute atomic E-state index is 15.0. The van der Waals surface area contributed by atoms with E-state index < -0.39 is 5.41 Å². The van der Waals surface area contributed by atoms with Gasteiger partial charge >= 0.3 is 0 Å². The number of unbranched alkanes of at least 4 members (excludes halogenated alkanes) is 2. The molecule has 0 fully saturated rings. The summed E-state index contributed by atoms with van der Waals surface area (Å²) < 4.78 is 0. The molecule has 0 saturated heterocycles. The van der Waals surface area contributed by atoms with Crippen molar-refractivity contribution in [2.24, 2.45) is 0 Å². The number of carbonyl (C=O) groups excluding carboxylic acids is 1. The summed E-state index contributed by atoms with van der Waals surface area (Å²) >= 11 is 0. The molecule has 2 heteroatoms. The molecule has 2 aliphatic rings. The van der Waals surface area contributed by atoms with Gasteiger partial charge in [-0.1, -0.05) is 120 Å². The molecule has 0 heterocycles. The summed E-state index contributed by atoms with van der Waals surface area (Å²) in [6, 6.07) is 31.0. The first-order valence-corrected chi connectivity index (χ1v) is 17.1. The highest BCUT2D eigenvalue weighted by atomic mass is 31.1. The number of carbonyl (C=O) groups is 1. The summed E-state index contributed by atoms with van der Waals surface area (Å²) in [4.78, 5) is 15.0. The van der Waals surface area contributed by atoms with Gasteiger partial charge in [-0.25, -0.2) is 0 Å². The van der Waals surface area contributed by atoms with Gasteiger partial charge in [-0.2, -0.15) is 0 Å². The zero-order chi connectivity index (χ0) is 27.7. The van der Waals surface area contributed by atoms with E-state index in [1.54, 1.807) is 0 Å². The van der Waals surface area contributed by atoms with Crippen LogP contribution in [0.3, 0.4) is 0 Å². The van der Waals surface area contributed by atoms with Crippen molar-refractivity contribution in [3.63, 3.8) is 0 Å². The average Bonchev–Trinajstić information content (AvgIpc) is 3.56. The Bertz CT molecular complexity index is 1440. The van der Waals surface area contributed by atoms with E-state index in [0.29, 0.717) is 5.78 Å². The molecule has 0 atom stereocenters. The first-order chi connectivity index (χ1) is 19.6. The van der Waals surface area contributed by atoms with Gasteiger partial charge in [0.2, 0.25) is 0 Å². The van der Waals surface area contributed by atoms with Gasteiger partial charge in [0.1, 0.15) is 0 Å². The average molecular weight is 545 g/mol. The fraction of sp³-hybridized carbons (Fsp3) is 0.342. The lowest BCUT2D eigenvalue weighted by Crippen LogP contribution is -2.38. The number of Topliss-reactive ketones (excluding diaryl/α,β-unsaturated/α-hetero) is 1. The zero-order valence-electron chi connectivity index (χ0n) is 24.3. The van der Waals surface area contributed by atoms with Crippen molar-refractivity contribution >= 4 is 13.7 Å². The maximum atomic E-state index is 15.0. The molecule has 0 unspecified atom stereocenters. The highest BCUT2D eigenvalue weighted by Gasteiger charge is 2.43. The minimum absolute atomic E-state index is 0.311. The van der Waals surface area contributed by atoms with Crippen molar-refractivity contribution in [3.05, 3.63) is 118 Å². The maximum Gasteiger partial charge on any atom is 0.151 e. The molecule has 0 N–H and O–H groups in total. The number of ketones is 1. The predicted molar refractivity (Wildman–Crippen MR) is 172 cm³/mol. The summed E-state index contributed by atoms with van der Waals surface area (Å²) in [6.07, 6.45) is 9.81. The van der Waals surface area contributed by atoms with E-state index in [4.69, 9.17) is 0 Å². The van der Waals surface area contributed by atoms with Gasteiger partial charge in [0, 0.05) is 6.16 Å². The molecule has 0 bridgehead atoms. The smallest absolute Gasteiger partial charge is 0.151 e. The Hall–Kier alpha value is -3.02. The summed E-state index contributed by atoms with van der Waals surface area (Å²) in [7, 11) is -0.311. The molecule has 1 nitrogen and oxygen atoms in total. The van der Waals surface area contributed by atoms with Crippen LogP contribution < -0.4 is 0 Å². The van der Waals surface area contributed by atoms with Gasteiger partial charge in [0.05, 0.1) is 5.41 Å². The number of fused-ring (bicyclic) bond motifs is 6. The molecule has 0 saturated carbocycles. The molecule has 4 aromatic rings. The third kappa shape index (κ3) is 4.67. The van der Waals surface area contributed by atoms with Crippen molar-refractivity contribution in [2.75, 3.05) is 18.5 Å². The molecule has 40 heavy (non-hydrogen) atoms. The van der Waals surface area contributed by atoms with Crippen molar-refractivity contribution in [2.45, 2.75) is 64.7 Å². The Morgan fingerprint density at radius 1 is 0.650 bits per heavy atom. The van der Waals surface area contributed by atoms with Crippen LogP contribution in [-0.2, 0) is 23.1 Å². The van der Waals surface area contributed by atoms with Crippen LogP contribution in [0, 0.1) is 0 Å². The van der Waals surface area contributed by atoms with E-state index in [1.807, 2.05) is 0 Å². The molecule has 2 aliphatic carbocycles. The van der Waals surface area contributed by atoms with Crippen LogP contribution >= 0.6 is 7.92 Å². The van der Waals surface area contributed by atoms with Gasteiger partial charge in [0.25, 0.3) is 0 Å². The number of benzene rings is 4. The molecule has 0 amide bonds. The quantitative estimate of drug-likeness (QED) is 0.148. The van der Waals surface area contributed by atoms with Crippen LogP contribution in [0.5, 0.6) is 0 Å². The standard InChI is InChI=1S/C38H41OP/c1-4-6-22-40(23-7-5-2)26-37(39)38(3,35-20-12-18-31-29-16-10-8-14-27(29)24-33(31)35)36-21-13-19-32-30-17-11-9-15-28(30)25-34(32)36/h8-21H,4-7,22-26H2,1-3H3. The van der Waals surface area contributed by atoms with E-state index in [1.165, 1.54) is 93.6 Å². The molecule has 0 radical (unpaired) electrons. The summed E-state index contributed by atoms with van der Waals surface area (Å²) in [5.41, 5.74) is 12.5. The second-order valence-electron chi connectivity index (χ2n) is 11.9. The second kappa shape index (κ2) is 11.5. The van der Waals surface area contributed by atoms with E-state index in [9.17, 15) is 4.79 Å². The highest BCUT2D eigenvalue weighted by molar-refractivity contribution is 7.58. The van der Waals surface area contributed by atoms with Gasteiger partial charge in [-0.3, -0.25) is 4.79 Å². The fourth-order valence-electron chi connectivity index (χ4n) is 7.09. The molecule has 6 rings (SSSR count). The van der Waals surface area contributed by atoms with Crippen molar-refractivity contribution in [1.29, 1.82) is 0 Å². The number of hydrogen-bond donors (Lipinski definition) is 0. The predicted octanol–water partition coefficient (Wildman–Crippen LogP) is 9.79. The Labute approximate surface area is 241 Å². The van der Waals surface area contributed by atoms with Crippen LogP contribution in [0.4, 0.5) is 0 Å². The zero-order valence-corrected chi connectivity index (χ0v) is 25.2. The Balaban J connectivity index is 1.50. The molecular weight excluding hydrogens is 503 g/mol. The lowest BCUT2D eigenvalue weighted by atomic mass is 9.69. The van der Waals surface area contributed by atoms with Crippen LogP contribution in [0.2, 0.25) is 0 Å². The third-order valence-electron chi connectivity index (χ3n) is 9.36. The van der Waals surface area contributed by atoms with Gasteiger partial charge < -0.3 is 0 Å². The van der Waals surface area contributed by atoms with Crippen LogP contribution in [0.1, 0.15) is 79.8 Å². The van der Waals surface area contributed by atoms with E-state index in [-0.39, 0.29) is 7.92 Å². The SMILES string of the molecule is CCCCP(CCCC)CC(=O)C(C)(c1cccc2c1Cc1ccccc1-2)c1cccc2c1Cc1ccccc1-2. The van der Waals surface area contributed by atoms with Crippen LogP contribution in [-0.4, -0.2) is 24.3 Å². The Morgan fingerprint density at radius 2 is 1.10 bits per heavy atom. The normalized spacial score (nSPS) is 13.2. The number of hydrogen-bond acceptors (Lipinski definition) is 1. The fourth-order valence-corrected chi connectivity index (χ4v) is 9.88. The first kappa shape index (κ1) is 27.2. The van der Waals surface area contributed by atoms with Gasteiger partial charge in [-0.05, 0) is 101 Å². The minimum Gasteiger partial charge on any atom is -0.298 e. The third-order valence-corrected chi connectivity index (χ3v) is 12.0. The topological polar surface area (TPSA) is 17.1 Å². The number of rotatable bonds is 11. The van der Waals surface area contributed by atoms with E-state index in [2.05, 4.69) is 106 Å².